The minimum atomic E-state index is 0.142. The molecule has 2 N–H and O–H groups in total. The number of rotatable bonds is 6. The van der Waals surface area contributed by atoms with Gasteiger partial charge in [-0.1, -0.05) is 24.3 Å². The topological polar surface area (TPSA) is 57.5 Å². The summed E-state index contributed by atoms with van der Waals surface area (Å²) >= 11 is 0. The van der Waals surface area contributed by atoms with Gasteiger partial charge in [0.1, 0.15) is 11.5 Å². The van der Waals surface area contributed by atoms with Crippen LogP contribution in [0.1, 0.15) is 5.56 Å². The number of nitrogens with one attached hydrogen (secondary N) is 1. The first-order valence-electron chi connectivity index (χ1n) is 9.30. The Kier molecular flexibility index (Phi) is 6.19. The fourth-order valence-corrected chi connectivity index (χ4v) is 3.45. The van der Waals surface area contributed by atoms with Gasteiger partial charge in [-0.2, -0.15) is 0 Å². The van der Waals surface area contributed by atoms with E-state index in [-0.39, 0.29) is 5.91 Å². The van der Waals surface area contributed by atoms with Gasteiger partial charge in [-0.3, -0.25) is 4.79 Å². The zero-order valence-corrected chi connectivity index (χ0v) is 16.0. The van der Waals surface area contributed by atoms with Gasteiger partial charge in [0, 0.05) is 13.6 Å². The lowest BCUT2D eigenvalue weighted by molar-refractivity contribution is -0.892. The molecule has 3 rings (SSSR count). The van der Waals surface area contributed by atoms with Crippen LogP contribution >= 0.6 is 0 Å². The van der Waals surface area contributed by atoms with Gasteiger partial charge in [0.05, 0.1) is 39.0 Å². The monoisotopic (exact) mass is 370 g/mol. The maximum atomic E-state index is 12.6. The Labute approximate surface area is 160 Å². The molecule has 1 aliphatic heterocycles. The van der Waals surface area contributed by atoms with Gasteiger partial charge >= 0.3 is 0 Å². The summed E-state index contributed by atoms with van der Waals surface area (Å²) in [6.45, 7) is 4.50. The van der Waals surface area contributed by atoms with E-state index < -0.39 is 0 Å². The van der Waals surface area contributed by atoms with Gasteiger partial charge in [0.2, 0.25) is 0 Å². The normalized spacial score (nSPS) is 14.8. The second-order valence-corrected chi connectivity index (χ2v) is 7.00. The Balaban J connectivity index is 1.49. The number of phenolic OH excluding ortho intramolecular Hbond substituents is 1. The maximum Gasteiger partial charge on any atom is 0.277 e. The molecule has 1 heterocycles. The lowest BCUT2D eigenvalue weighted by Crippen LogP contribution is -3.15. The van der Waals surface area contributed by atoms with Crippen molar-refractivity contribution in [2.45, 2.75) is 6.54 Å². The molecule has 6 nitrogen and oxygen atoms in total. The summed E-state index contributed by atoms with van der Waals surface area (Å²) in [7, 11) is 3.49. The predicted molar refractivity (Wildman–Crippen MR) is 105 cm³/mol. The van der Waals surface area contributed by atoms with E-state index >= 15 is 0 Å². The molecule has 6 heteroatoms. The van der Waals surface area contributed by atoms with Crippen LogP contribution in [0.25, 0.3) is 0 Å². The summed E-state index contributed by atoms with van der Waals surface area (Å²) in [5, 5.41) is 10.0. The number of para-hydroxylation sites is 2. The molecule has 1 saturated heterocycles. The number of piperazine rings is 1. The summed E-state index contributed by atoms with van der Waals surface area (Å²) in [6, 6.07) is 15.2. The number of phenols is 1. The number of nitrogens with zero attached hydrogens (tertiary/aromatic N) is 2. The summed E-state index contributed by atoms with van der Waals surface area (Å²) in [5.74, 6) is 1.26. The highest BCUT2D eigenvalue weighted by Gasteiger charge is 2.24. The van der Waals surface area contributed by atoms with Crippen molar-refractivity contribution in [2.24, 2.45) is 0 Å². The van der Waals surface area contributed by atoms with Gasteiger partial charge in [0.25, 0.3) is 5.91 Å². The molecule has 1 fully saturated rings. The van der Waals surface area contributed by atoms with Crippen molar-refractivity contribution in [3.05, 3.63) is 54.1 Å². The zero-order valence-electron chi connectivity index (χ0n) is 16.0. The van der Waals surface area contributed by atoms with Crippen molar-refractivity contribution in [1.29, 1.82) is 0 Å². The van der Waals surface area contributed by atoms with Crippen LogP contribution in [0, 0.1) is 0 Å². The number of quaternary nitrogens is 1. The van der Waals surface area contributed by atoms with Crippen molar-refractivity contribution in [3.8, 4) is 11.5 Å². The Morgan fingerprint density at radius 1 is 1.19 bits per heavy atom. The number of anilines is 1. The summed E-state index contributed by atoms with van der Waals surface area (Å²) in [5.41, 5.74) is 1.93. The average Bonchev–Trinajstić information content (AvgIpc) is 2.69. The third-order valence-corrected chi connectivity index (χ3v) is 5.07. The number of carbonyl (C=O) groups excluding carboxylic acids is 1. The number of aromatic hydroxyl groups is 1. The smallest absolute Gasteiger partial charge is 0.277 e. The SMILES string of the molecule is COc1cccc(CN(C)C(=O)C[NH+]2CCN(c3ccccc3O)CC2)c1. The summed E-state index contributed by atoms with van der Waals surface area (Å²) in [4.78, 5) is 17.8. The number of likely N-dealkylation sites (N-methyl/N-ethyl adjacent to an activating group) is 1. The summed E-state index contributed by atoms with van der Waals surface area (Å²) < 4.78 is 5.24. The molecule has 0 radical (unpaired) electrons. The second-order valence-electron chi connectivity index (χ2n) is 7.00. The first-order valence-corrected chi connectivity index (χ1v) is 9.30. The zero-order chi connectivity index (χ0) is 19.2. The van der Waals surface area contributed by atoms with Crippen LogP contribution in [-0.2, 0) is 11.3 Å². The molecule has 1 aliphatic rings. The second kappa shape index (κ2) is 8.77. The standard InChI is InChI=1S/C21H27N3O3/c1-22(15-17-6-5-7-18(14-17)27-2)21(26)16-23-10-12-24(13-11-23)19-8-3-4-9-20(19)25/h3-9,14,25H,10-13,15-16H2,1-2H3/p+1. The number of hydrogen-bond acceptors (Lipinski definition) is 4. The van der Waals surface area contributed by atoms with E-state index in [1.807, 2.05) is 49.5 Å². The maximum absolute atomic E-state index is 12.6. The number of carbonyl (C=O) groups is 1. The van der Waals surface area contributed by atoms with Crippen molar-refractivity contribution in [3.63, 3.8) is 0 Å². The molecule has 144 valence electrons. The van der Waals surface area contributed by atoms with Crippen LogP contribution in [0.5, 0.6) is 11.5 Å². The molecule has 1 amide bonds. The van der Waals surface area contributed by atoms with Crippen LogP contribution in [0.15, 0.2) is 48.5 Å². The molecular weight excluding hydrogens is 342 g/mol. The molecule has 2 aromatic rings. The quantitative estimate of drug-likeness (QED) is 0.789. The molecule has 0 bridgehead atoms. The largest absolute Gasteiger partial charge is 0.506 e. The first kappa shape index (κ1) is 19.0. The van der Waals surface area contributed by atoms with Crippen molar-refractivity contribution in [1.82, 2.24) is 4.90 Å². The van der Waals surface area contributed by atoms with Crippen LogP contribution in [0.3, 0.4) is 0 Å². The molecule has 0 unspecified atom stereocenters. The third kappa shape index (κ3) is 4.92. The van der Waals surface area contributed by atoms with E-state index in [1.165, 1.54) is 4.90 Å². The number of ether oxygens (including phenoxy) is 1. The number of methoxy groups -OCH3 is 1. The molecule has 2 aromatic carbocycles. The average molecular weight is 370 g/mol. The number of hydrogen-bond donors (Lipinski definition) is 2. The molecule has 27 heavy (non-hydrogen) atoms. The highest BCUT2D eigenvalue weighted by Crippen LogP contribution is 2.25. The Morgan fingerprint density at radius 2 is 1.93 bits per heavy atom. The van der Waals surface area contributed by atoms with Crippen molar-refractivity contribution >= 4 is 11.6 Å². The Bertz CT molecular complexity index is 773. The van der Waals surface area contributed by atoms with E-state index in [4.69, 9.17) is 4.74 Å². The van der Waals surface area contributed by atoms with Gasteiger partial charge in [-0.05, 0) is 29.8 Å². The number of amides is 1. The van der Waals surface area contributed by atoms with E-state index in [2.05, 4.69) is 4.90 Å². The van der Waals surface area contributed by atoms with Gasteiger partial charge in [-0.15, -0.1) is 0 Å². The predicted octanol–water partition coefficient (Wildman–Crippen LogP) is 0.764. The highest BCUT2D eigenvalue weighted by atomic mass is 16.5. The minimum absolute atomic E-state index is 0.142. The molecular formula is C21H28N3O3+. The van der Waals surface area contributed by atoms with Gasteiger partial charge in [0.15, 0.2) is 6.54 Å². The van der Waals surface area contributed by atoms with E-state index in [0.29, 0.717) is 18.8 Å². The lowest BCUT2D eigenvalue weighted by Gasteiger charge is -2.34. The van der Waals surface area contributed by atoms with Crippen LogP contribution in [-0.4, -0.2) is 62.8 Å². The van der Waals surface area contributed by atoms with Crippen molar-refractivity contribution < 1.29 is 19.5 Å². The van der Waals surface area contributed by atoms with E-state index in [0.717, 1.165) is 43.2 Å². The van der Waals surface area contributed by atoms with Crippen LogP contribution in [0.2, 0.25) is 0 Å². The highest BCUT2D eigenvalue weighted by molar-refractivity contribution is 5.76. The molecule has 0 saturated carbocycles. The Hall–Kier alpha value is -2.73. The molecule has 0 spiro atoms. The van der Waals surface area contributed by atoms with Crippen LogP contribution in [0.4, 0.5) is 5.69 Å². The first-order chi connectivity index (χ1) is 13.1. The number of benzene rings is 2. The summed E-state index contributed by atoms with van der Waals surface area (Å²) in [6.07, 6.45) is 0. The fraction of sp³-hybridized carbons (Fsp3) is 0.381. The fourth-order valence-electron chi connectivity index (χ4n) is 3.45. The van der Waals surface area contributed by atoms with E-state index in [9.17, 15) is 9.90 Å². The lowest BCUT2D eigenvalue weighted by atomic mass is 10.2. The molecule has 0 aromatic heterocycles. The Morgan fingerprint density at radius 3 is 2.63 bits per heavy atom. The molecule has 0 aliphatic carbocycles. The van der Waals surface area contributed by atoms with Gasteiger partial charge in [-0.25, -0.2) is 0 Å². The minimum Gasteiger partial charge on any atom is -0.506 e. The third-order valence-electron chi connectivity index (χ3n) is 5.07. The van der Waals surface area contributed by atoms with E-state index in [1.54, 1.807) is 18.1 Å². The molecule has 0 atom stereocenters. The van der Waals surface area contributed by atoms with Gasteiger partial charge < -0.3 is 24.5 Å². The van der Waals surface area contributed by atoms with Crippen molar-refractivity contribution in [2.75, 3.05) is 51.8 Å². The van der Waals surface area contributed by atoms with Crippen LogP contribution < -0.4 is 14.5 Å².